The van der Waals surface area contributed by atoms with Crippen molar-refractivity contribution in [3.63, 3.8) is 0 Å². The van der Waals surface area contributed by atoms with Crippen LogP contribution in [0.3, 0.4) is 0 Å². The van der Waals surface area contributed by atoms with Crippen LogP contribution in [-0.2, 0) is 65.6 Å². The number of carbonyl (C=O) groups excluding carboxylic acids is 7. The summed E-state index contributed by atoms with van der Waals surface area (Å²) < 4.78 is 0. The Morgan fingerprint density at radius 2 is 0.987 bits per heavy atom. The van der Waals surface area contributed by atoms with Gasteiger partial charge in [-0.1, -0.05) is 88.4 Å². The first-order valence-electron chi connectivity index (χ1n) is 23.4. The van der Waals surface area contributed by atoms with E-state index in [0.717, 1.165) is 0 Å². The van der Waals surface area contributed by atoms with Crippen molar-refractivity contribution in [3.05, 3.63) is 71.8 Å². The van der Waals surface area contributed by atoms with E-state index in [0.29, 0.717) is 11.1 Å². The highest BCUT2D eigenvalue weighted by molar-refractivity contribution is 7.80. The number of carboxylic acids is 5. The van der Waals surface area contributed by atoms with E-state index in [1.807, 2.05) is 5.32 Å². The summed E-state index contributed by atoms with van der Waals surface area (Å²) in [6.07, 6.45) is -2.81. The van der Waals surface area contributed by atoms with Gasteiger partial charge in [0.15, 0.2) is 0 Å². The number of thiol groups is 1. The third-order valence-corrected chi connectivity index (χ3v) is 11.6. The van der Waals surface area contributed by atoms with Crippen LogP contribution in [0.2, 0.25) is 0 Å². The summed E-state index contributed by atoms with van der Waals surface area (Å²) in [7, 11) is 0. The number of amides is 8. The number of hydrogen-bond donors (Lipinski definition) is 15. The molecule has 0 spiro atoms. The number of urea groups is 1. The van der Waals surface area contributed by atoms with Gasteiger partial charge in [0.2, 0.25) is 35.4 Å². The van der Waals surface area contributed by atoms with Crippen LogP contribution in [0.1, 0.15) is 77.3 Å². The molecule has 0 heterocycles. The van der Waals surface area contributed by atoms with Gasteiger partial charge >= 0.3 is 35.9 Å². The van der Waals surface area contributed by atoms with Crippen LogP contribution >= 0.6 is 12.6 Å². The quantitative estimate of drug-likeness (QED) is 0.0372. The lowest BCUT2D eigenvalue weighted by Crippen LogP contribution is -2.59. The fourth-order valence-electron chi connectivity index (χ4n) is 7.47. The van der Waals surface area contributed by atoms with Gasteiger partial charge in [0.05, 0.1) is 6.42 Å². The molecule has 0 saturated carbocycles. The summed E-state index contributed by atoms with van der Waals surface area (Å²) in [6, 6.07) is 5.25. The van der Waals surface area contributed by atoms with E-state index in [2.05, 4.69) is 49.8 Å². The maximum absolute atomic E-state index is 14.3. The minimum absolute atomic E-state index is 0.0184. The zero-order valence-electron chi connectivity index (χ0n) is 41.8. The van der Waals surface area contributed by atoms with Crippen LogP contribution in [0, 0.1) is 10.8 Å². The average molecular weight is 1070 g/mol. The van der Waals surface area contributed by atoms with Gasteiger partial charge in [0.25, 0.3) is 0 Å². The summed E-state index contributed by atoms with van der Waals surface area (Å²) in [5.41, 5.74) is 5.24. The van der Waals surface area contributed by atoms with Crippen LogP contribution in [0.25, 0.3) is 0 Å². The lowest BCUT2D eigenvalue weighted by Gasteiger charge is -2.35. The van der Waals surface area contributed by atoms with E-state index < -0.39 is 163 Å². The molecule has 8 amide bonds. The normalized spacial score (nSPS) is 14.1. The third-order valence-electron chi connectivity index (χ3n) is 11.3. The van der Waals surface area contributed by atoms with Gasteiger partial charge in [-0.15, -0.1) is 0 Å². The smallest absolute Gasteiger partial charge is 0.327 e. The molecule has 0 bridgehead atoms. The topological polar surface area (TPSA) is 428 Å². The second kappa shape index (κ2) is 30.4. The first kappa shape index (κ1) is 63.3. The molecule has 0 radical (unpaired) electrons. The first-order chi connectivity index (χ1) is 35.0. The number of nitrogens with one attached hydrogen (secondary N) is 8. The zero-order valence-corrected chi connectivity index (χ0v) is 42.6. The highest BCUT2D eigenvalue weighted by Gasteiger charge is 2.38. The first-order valence-corrected chi connectivity index (χ1v) is 24.1. The van der Waals surface area contributed by atoms with E-state index in [1.54, 1.807) is 88.4 Å². The Labute approximate surface area is 436 Å². The molecule has 2 rings (SSSR count). The van der Waals surface area contributed by atoms with Gasteiger partial charge in [-0.2, -0.15) is 12.6 Å². The Morgan fingerprint density at radius 3 is 1.45 bits per heavy atom. The second-order valence-corrected chi connectivity index (χ2v) is 19.3. The molecule has 0 aliphatic rings. The molecule has 27 heteroatoms. The van der Waals surface area contributed by atoms with Crippen molar-refractivity contribution < 1.29 is 83.1 Å². The van der Waals surface area contributed by atoms with E-state index in [1.165, 1.54) is 0 Å². The molecule has 2 aromatic rings. The summed E-state index contributed by atoms with van der Waals surface area (Å²) in [6.45, 7) is 6.13. The predicted molar refractivity (Wildman–Crippen MR) is 269 cm³/mol. The Balaban J connectivity index is 2.21. The number of carbonyl (C=O) groups is 12. The van der Waals surface area contributed by atoms with Gasteiger partial charge in [-0.05, 0) is 35.8 Å². The Morgan fingerprint density at radius 1 is 0.533 bits per heavy atom. The molecule has 26 nitrogen and oxygen atoms in total. The number of hydrogen-bond acceptors (Lipinski definition) is 14. The monoisotopic (exact) mass is 1070 g/mol. The fourth-order valence-corrected chi connectivity index (χ4v) is 7.72. The average Bonchev–Trinajstić information content (AvgIpc) is 3.33. The van der Waals surface area contributed by atoms with Gasteiger partial charge < -0.3 is 73.8 Å². The third kappa shape index (κ3) is 23.7. The minimum atomic E-state index is -1.76. The molecule has 7 unspecified atom stereocenters. The number of carboxylic acid groups (broad SMARTS) is 5. The molecule has 0 aliphatic heterocycles. The van der Waals surface area contributed by atoms with Crippen LogP contribution < -0.4 is 48.3 Å². The fraction of sp³-hybridized carbons (Fsp3) is 0.500. The van der Waals surface area contributed by atoms with Crippen molar-refractivity contribution in [1.29, 1.82) is 0 Å². The van der Waals surface area contributed by atoms with Crippen molar-refractivity contribution in [1.82, 2.24) is 42.5 Å². The molecule has 0 saturated heterocycles. The molecule has 75 heavy (non-hydrogen) atoms. The molecular weight excluding hydrogens is 1010 g/mol. The van der Waals surface area contributed by atoms with Crippen molar-refractivity contribution in [3.8, 4) is 0 Å². The summed E-state index contributed by atoms with van der Waals surface area (Å²) in [4.78, 5) is 151. The zero-order chi connectivity index (χ0) is 56.6. The maximum atomic E-state index is 14.3. The number of rotatable bonds is 33. The number of aliphatic carboxylic acids is 5. The standard InChI is InChI=1S/C48H67N9O17S/c1-47(2,25-51-35(58)17-15-29(42(67)68)56-46(74)57-30(43(69)70)16-18-36(59)60)24-48(3,4)45(73)55-32(20-27-13-9-6-10-14-27)40(65)53-31(19-26-11-7-5-8-12-26)39(64)50-22-28(49)38(63)52-33(21-37(61)62)41(66)54-34(23-75)44(71)72/h5-14,28-34,75H,15-25,49H2,1-4H3,(H,50,64)(H,51,58)(H,52,63)(H,53,65)(H,54,66)(H,55,73)(H,59,60)(H,61,62)(H,67,68)(H,69,70)(H,71,72)(H2,56,57,74). The van der Waals surface area contributed by atoms with Crippen LogP contribution in [0.5, 0.6) is 0 Å². The highest BCUT2D eigenvalue weighted by Crippen LogP contribution is 2.34. The molecule has 0 aliphatic carbocycles. The molecule has 0 aromatic heterocycles. The van der Waals surface area contributed by atoms with Gasteiger partial charge in [-0.25, -0.2) is 19.2 Å². The molecular formula is C48H67N9O17S. The SMILES string of the molecule is CC(C)(CNC(=O)CCC(NC(=O)NC(CCC(=O)O)C(=O)O)C(=O)O)CC(C)(C)C(=O)NC(Cc1ccccc1)C(=O)NC(Cc1ccccc1)C(=O)NCC(N)C(=O)NC(CC(=O)O)C(=O)NC(CS)C(=O)O. The van der Waals surface area contributed by atoms with E-state index in [9.17, 15) is 78.0 Å². The molecule has 0 fully saturated rings. The lowest BCUT2D eigenvalue weighted by molar-refractivity contribution is -0.143. The second-order valence-electron chi connectivity index (χ2n) is 18.9. The van der Waals surface area contributed by atoms with Crippen LogP contribution in [0.4, 0.5) is 4.79 Å². The van der Waals surface area contributed by atoms with E-state index >= 15 is 0 Å². The van der Waals surface area contributed by atoms with E-state index in [4.69, 9.17) is 10.8 Å². The van der Waals surface area contributed by atoms with Crippen LogP contribution in [0.15, 0.2) is 60.7 Å². The molecule has 2 aromatic carbocycles. The van der Waals surface area contributed by atoms with Crippen molar-refractivity contribution in [2.75, 3.05) is 18.8 Å². The van der Waals surface area contributed by atoms with Gasteiger partial charge in [-0.3, -0.25) is 38.4 Å². The minimum Gasteiger partial charge on any atom is -0.481 e. The maximum Gasteiger partial charge on any atom is 0.327 e. The highest BCUT2D eigenvalue weighted by atomic mass is 32.1. The van der Waals surface area contributed by atoms with Crippen LogP contribution in [-0.4, -0.2) is 158 Å². The number of nitrogens with two attached hydrogens (primary N) is 1. The summed E-state index contributed by atoms with van der Waals surface area (Å²) in [5.74, 6) is -12.7. The molecule has 15 N–H and O–H groups in total. The predicted octanol–water partition coefficient (Wildman–Crippen LogP) is -1.25. The van der Waals surface area contributed by atoms with Crippen molar-refractivity contribution in [2.24, 2.45) is 16.6 Å². The summed E-state index contributed by atoms with van der Waals surface area (Å²) >= 11 is 3.85. The van der Waals surface area contributed by atoms with Crippen molar-refractivity contribution >= 4 is 83.9 Å². The lowest BCUT2D eigenvalue weighted by atomic mass is 9.74. The Hall–Kier alpha value is -7.81. The molecule has 7 atom stereocenters. The number of benzene rings is 2. The van der Waals surface area contributed by atoms with Crippen molar-refractivity contribution in [2.45, 2.75) is 121 Å². The summed E-state index contributed by atoms with van der Waals surface area (Å²) in [5, 5.41) is 65.4. The Bertz CT molecular complexity index is 2360. The Kier molecular flexibility index (Phi) is 25.7. The largest absolute Gasteiger partial charge is 0.481 e. The van der Waals surface area contributed by atoms with Gasteiger partial charge in [0.1, 0.15) is 42.3 Å². The van der Waals surface area contributed by atoms with Gasteiger partial charge in [0, 0.05) is 49.9 Å². The molecule has 412 valence electrons. The van der Waals surface area contributed by atoms with E-state index in [-0.39, 0.29) is 31.6 Å².